The zero-order chi connectivity index (χ0) is 19.0. The Morgan fingerprint density at radius 3 is 2.65 bits per heavy atom. The van der Waals surface area contributed by atoms with E-state index in [1.807, 2.05) is 25.1 Å². The summed E-state index contributed by atoms with van der Waals surface area (Å²) in [6.07, 6.45) is 0. The minimum absolute atomic E-state index is 0.323. The SMILES string of the molecule is COC(=O)C1=C(C)N(C)C(=O)NC1c1ccc(-c2ccc(C)c(Cl)c2)o1. The Balaban J connectivity index is 2.02. The first kappa shape index (κ1) is 18.1. The highest BCUT2D eigenvalue weighted by Gasteiger charge is 2.36. The number of carbonyl (C=O) groups excluding carboxylic acids is 2. The number of benzene rings is 1. The average Bonchev–Trinajstić information content (AvgIpc) is 3.11. The number of halogens is 1. The third kappa shape index (κ3) is 3.08. The maximum atomic E-state index is 12.3. The van der Waals surface area contributed by atoms with E-state index < -0.39 is 12.0 Å². The average molecular weight is 375 g/mol. The lowest BCUT2D eigenvalue weighted by atomic mass is 10.0. The van der Waals surface area contributed by atoms with Gasteiger partial charge in [0.25, 0.3) is 0 Å². The standard InChI is InChI=1S/C19H19ClN2O4/c1-10-5-6-12(9-13(10)20)14-7-8-15(26-14)17-16(18(23)25-4)11(2)22(3)19(24)21-17/h5-9,17H,1-4H3,(H,21,24). The van der Waals surface area contributed by atoms with Crippen LogP contribution in [0.15, 0.2) is 46.0 Å². The molecule has 0 radical (unpaired) electrons. The maximum Gasteiger partial charge on any atom is 0.338 e. The molecule has 1 N–H and O–H groups in total. The topological polar surface area (TPSA) is 71.8 Å². The molecule has 26 heavy (non-hydrogen) atoms. The number of furan rings is 1. The molecule has 3 rings (SSSR count). The lowest BCUT2D eigenvalue weighted by molar-refractivity contribution is -0.136. The molecule has 0 spiro atoms. The first-order chi connectivity index (χ1) is 12.3. The van der Waals surface area contributed by atoms with E-state index in [4.69, 9.17) is 20.8 Å². The van der Waals surface area contributed by atoms with Gasteiger partial charge in [-0.2, -0.15) is 0 Å². The number of amides is 2. The second-order valence-corrected chi connectivity index (χ2v) is 6.51. The fourth-order valence-electron chi connectivity index (χ4n) is 2.83. The number of hydrogen-bond acceptors (Lipinski definition) is 4. The van der Waals surface area contributed by atoms with Crippen LogP contribution in [0.3, 0.4) is 0 Å². The van der Waals surface area contributed by atoms with Gasteiger partial charge in [0.2, 0.25) is 0 Å². The number of allylic oxidation sites excluding steroid dienone is 1. The van der Waals surface area contributed by atoms with E-state index in [9.17, 15) is 9.59 Å². The monoisotopic (exact) mass is 374 g/mol. The molecule has 2 aromatic rings. The number of urea groups is 1. The molecule has 136 valence electrons. The first-order valence-corrected chi connectivity index (χ1v) is 8.40. The second-order valence-electron chi connectivity index (χ2n) is 6.10. The fourth-order valence-corrected chi connectivity index (χ4v) is 3.01. The van der Waals surface area contributed by atoms with E-state index in [2.05, 4.69) is 5.32 Å². The second kappa shape index (κ2) is 6.88. The van der Waals surface area contributed by atoms with Gasteiger partial charge in [-0.25, -0.2) is 9.59 Å². The van der Waals surface area contributed by atoms with E-state index in [0.717, 1.165) is 11.1 Å². The van der Waals surface area contributed by atoms with Crippen LogP contribution >= 0.6 is 11.6 Å². The quantitative estimate of drug-likeness (QED) is 0.822. The van der Waals surface area contributed by atoms with Gasteiger partial charge in [-0.3, -0.25) is 0 Å². The number of rotatable bonds is 3. The van der Waals surface area contributed by atoms with Crippen LogP contribution in [0.25, 0.3) is 11.3 Å². The van der Waals surface area contributed by atoms with Crippen molar-refractivity contribution in [3.8, 4) is 11.3 Å². The van der Waals surface area contributed by atoms with Gasteiger partial charge in [0, 0.05) is 23.3 Å². The molecular formula is C19H19ClN2O4. The molecule has 1 aromatic carbocycles. The van der Waals surface area contributed by atoms with Gasteiger partial charge in [-0.15, -0.1) is 0 Å². The Kier molecular flexibility index (Phi) is 4.78. The van der Waals surface area contributed by atoms with E-state index in [1.54, 1.807) is 26.1 Å². The van der Waals surface area contributed by atoms with Crippen molar-refractivity contribution in [1.82, 2.24) is 10.2 Å². The van der Waals surface area contributed by atoms with Crippen LogP contribution < -0.4 is 5.32 Å². The van der Waals surface area contributed by atoms with Crippen molar-refractivity contribution in [3.05, 3.63) is 57.9 Å². The molecule has 0 aliphatic carbocycles. The zero-order valence-electron chi connectivity index (χ0n) is 14.9. The van der Waals surface area contributed by atoms with E-state index in [0.29, 0.717) is 27.8 Å². The van der Waals surface area contributed by atoms with Gasteiger partial charge >= 0.3 is 12.0 Å². The van der Waals surface area contributed by atoms with E-state index >= 15 is 0 Å². The summed E-state index contributed by atoms with van der Waals surface area (Å²) in [4.78, 5) is 25.8. The fraction of sp³-hybridized carbons (Fsp3) is 0.263. The minimum Gasteiger partial charge on any atom is -0.466 e. The summed E-state index contributed by atoms with van der Waals surface area (Å²) in [5, 5.41) is 3.41. The van der Waals surface area contributed by atoms with Crippen molar-refractivity contribution < 1.29 is 18.7 Å². The number of hydrogen-bond donors (Lipinski definition) is 1. The summed E-state index contributed by atoms with van der Waals surface area (Å²) < 4.78 is 10.8. The molecule has 2 amide bonds. The molecule has 1 aliphatic heterocycles. The van der Waals surface area contributed by atoms with Crippen LogP contribution in [-0.2, 0) is 9.53 Å². The Labute approximate surface area is 156 Å². The lowest BCUT2D eigenvalue weighted by Crippen LogP contribution is -2.46. The van der Waals surface area contributed by atoms with Crippen molar-refractivity contribution in [2.75, 3.05) is 14.2 Å². The summed E-state index contributed by atoms with van der Waals surface area (Å²) >= 11 is 6.18. The maximum absolute atomic E-state index is 12.3. The van der Waals surface area contributed by atoms with Crippen LogP contribution in [0, 0.1) is 6.92 Å². The summed E-state index contributed by atoms with van der Waals surface area (Å²) in [6.45, 7) is 3.62. The molecule has 1 atom stereocenters. The molecule has 1 unspecified atom stereocenters. The molecule has 0 fully saturated rings. The van der Waals surface area contributed by atoms with Crippen molar-refractivity contribution in [1.29, 1.82) is 0 Å². The highest BCUT2D eigenvalue weighted by atomic mass is 35.5. The molecule has 0 saturated heterocycles. The number of methoxy groups -OCH3 is 1. The molecule has 1 aromatic heterocycles. The molecule has 0 bridgehead atoms. The van der Waals surface area contributed by atoms with Crippen LogP contribution in [-0.4, -0.2) is 31.1 Å². The summed E-state index contributed by atoms with van der Waals surface area (Å²) in [5.41, 5.74) is 2.63. The Morgan fingerprint density at radius 2 is 2.00 bits per heavy atom. The van der Waals surface area contributed by atoms with Crippen molar-refractivity contribution >= 4 is 23.6 Å². The number of esters is 1. The smallest absolute Gasteiger partial charge is 0.338 e. The number of aryl methyl sites for hydroxylation is 1. The number of nitrogens with zero attached hydrogens (tertiary/aromatic N) is 1. The Morgan fingerprint density at radius 1 is 1.27 bits per heavy atom. The van der Waals surface area contributed by atoms with Gasteiger partial charge in [0.15, 0.2) is 0 Å². The molecule has 6 nitrogen and oxygen atoms in total. The van der Waals surface area contributed by atoms with E-state index in [-0.39, 0.29) is 6.03 Å². The Bertz CT molecular complexity index is 916. The number of carbonyl (C=O) groups is 2. The molecule has 1 aliphatic rings. The van der Waals surface area contributed by atoms with Crippen LogP contribution in [0.1, 0.15) is 24.3 Å². The van der Waals surface area contributed by atoms with Gasteiger partial charge in [-0.1, -0.05) is 23.7 Å². The Hall–Kier alpha value is -2.73. The summed E-state index contributed by atoms with van der Waals surface area (Å²) in [5.74, 6) is 0.519. The summed E-state index contributed by atoms with van der Waals surface area (Å²) in [6, 6.07) is 8.09. The van der Waals surface area contributed by atoms with Crippen molar-refractivity contribution in [3.63, 3.8) is 0 Å². The number of ether oxygens (including phenoxy) is 1. The third-order valence-corrected chi connectivity index (χ3v) is 4.93. The highest BCUT2D eigenvalue weighted by Crippen LogP contribution is 2.34. The molecular weight excluding hydrogens is 356 g/mol. The molecule has 0 saturated carbocycles. The predicted octanol–water partition coefficient (Wildman–Crippen LogP) is 4.05. The first-order valence-electron chi connectivity index (χ1n) is 8.03. The van der Waals surface area contributed by atoms with Crippen molar-refractivity contribution in [2.24, 2.45) is 0 Å². The minimum atomic E-state index is -0.721. The number of nitrogens with one attached hydrogen (secondary N) is 1. The van der Waals surface area contributed by atoms with Crippen LogP contribution in [0.2, 0.25) is 5.02 Å². The van der Waals surface area contributed by atoms with Gasteiger partial charge < -0.3 is 19.4 Å². The van der Waals surface area contributed by atoms with Crippen molar-refractivity contribution in [2.45, 2.75) is 19.9 Å². The largest absolute Gasteiger partial charge is 0.466 e. The van der Waals surface area contributed by atoms with E-state index in [1.165, 1.54) is 12.0 Å². The van der Waals surface area contributed by atoms with Crippen LogP contribution in [0.4, 0.5) is 4.79 Å². The summed E-state index contributed by atoms with van der Waals surface area (Å²) in [7, 11) is 2.89. The normalized spacial score (nSPS) is 17.3. The van der Waals surface area contributed by atoms with Gasteiger partial charge in [0.05, 0.1) is 12.7 Å². The lowest BCUT2D eigenvalue weighted by Gasteiger charge is -2.31. The predicted molar refractivity (Wildman–Crippen MR) is 97.6 cm³/mol. The van der Waals surface area contributed by atoms with Gasteiger partial charge in [-0.05, 0) is 37.6 Å². The zero-order valence-corrected chi connectivity index (χ0v) is 15.7. The molecule has 2 heterocycles. The van der Waals surface area contributed by atoms with Crippen LogP contribution in [0.5, 0.6) is 0 Å². The highest BCUT2D eigenvalue weighted by molar-refractivity contribution is 6.31. The van der Waals surface area contributed by atoms with Gasteiger partial charge in [0.1, 0.15) is 17.6 Å². The third-order valence-electron chi connectivity index (χ3n) is 4.53. The molecule has 7 heteroatoms.